The number of rotatable bonds is 3. The van der Waals surface area contributed by atoms with Gasteiger partial charge in [-0.3, -0.25) is 9.78 Å². The van der Waals surface area contributed by atoms with Crippen LogP contribution >= 0.6 is 15.9 Å². The van der Waals surface area contributed by atoms with Crippen LogP contribution in [0.3, 0.4) is 0 Å². The highest BCUT2D eigenvalue weighted by molar-refractivity contribution is 9.10. The van der Waals surface area contributed by atoms with Crippen LogP contribution in [0, 0.1) is 0 Å². The fraction of sp³-hybridized carbons (Fsp3) is 0.0909. The highest BCUT2D eigenvalue weighted by Gasteiger charge is 2.05. The van der Waals surface area contributed by atoms with Crippen LogP contribution < -0.4 is 5.32 Å². The molecule has 0 bridgehead atoms. The fourth-order valence-corrected chi connectivity index (χ4v) is 1.45. The summed E-state index contributed by atoms with van der Waals surface area (Å²) in [7, 11) is 0. The number of hydrogen-bond donors (Lipinski definition) is 1. The topological polar surface area (TPSA) is 67.8 Å². The van der Waals surface area contributed by atoms with Crippen LogP contribution in [0.5, 0.6) is 0 Å². The van der Waals surface area contributed by atoms with E-state index in [-0.39, 0.29) is 12.3 Å². The Bertz CT molecular complexity index is 501. The Kier molecular flexibility index (Phi) is 3.77. The van der Waals surface area contributed by atoms with Crippen molar-refractivity contribution < 1.29 is 4.79 Å². The predicted molar refractivity (Wildman–Crippen MR) is 66.3 cm³/mol. The third kappa shape index (κ3) is 3.60. The number of nitrogens with zero attached hydrogens (tertiary/aromatic N) is 3. The molecule has 1 amide bonds. The lowest BCUT2D eigenvalue weighted by Crippen LogP contribution is -2.16. The van der Waals surface area contributed by atoms with Crippen molar-refractivity contribution in [3.8, 4) is 0 Å². The number of carbonyl (C=O) groups is 1. The van der Waals surface area contributed by atoms with E-state index in [1.165, 1.54) is 0 Å². The molecule has 0 saturated heterocycles. The summed E-state index contributed by atoms with van der Waals surface area (Å²) < 4.78 is 0.625. The van der Waals surface area contributed by atoms with Crippen molar-refractivity contribution in [2.24, 2.45) is 0 Å². The molecule has 0 saturated carbocycles. The number of pyridine rings is 1. The summed E-state index contributed by atoms with van der Waals surface area (Å²) in [5.41, 5.74) is 0.718. The Morgan fingerprint density at radius 1 is 1.24 bits per heavy atom. The largest absolute Gasteiger partial charge is 0.309 e. The van der Waals surface area contributed by atoms with Crippen molar-refractivity contribution in [1.29, 1.82) is 0 Å². The van der Waals surface area contributed by atoms with Crippen LogP contribution in [0.4, 0.5) is 5.82 Å². The molecule has 2 aromatic rings. The van der Waals surface area contributed by atoms with Crippen molar-refractivity contribution in [3.63, 3.8) is 0 Å². The summed E-state index contributed by atoms with van der Waals surface area (Å²) in [6.07, 6.45) is 1.88. The van der Waals surface area contributed by atoms with Gasteiger partial charge in [0.05, 0.1) is 6.42 Å². The molecule has 2 rings (SSSR count). The highest BCUT2D eigenvalue weighted by atomic mass is 79.9. The van der Waals surface area contributed by atoms with E-state index in [0.717, 1.165) is 5.69 Å². The molecule has 0 spiro atoms. The molecule has 0 aromatic carbocycles. The van der Waals surface area contributed by atoms with Crippen molar-refractivity contribution >= 4 is 27.7 Å². The van der Waals surface area contributed by atoms with Gasteiger partial charge in [-0.05, 0) is 40.2 Å². The van der Waals surface area contributed by atoms with Gasteiger partial charge >= 0.3 is 0 Å². The normalized spacial score (nSPS) is 9.94. The van der Waals surface area contributed by atoms with Gasteiger partial charge in [-0.2, -0.15) is 0 Å². The Hall–Kier alpha value is -1.82. The van der Waals surface area contributed by atoms with Gasteiger partial charge in [0.1, 0.15) is 4.60 Å². The molecule has 86 valence electrons. The highest BCUT2D eigenvalue weighted by Crippen LogP contribution is 2.07. The van der Waals surface area contributed by atoms with Crippen LogP contribution in [0.25, 0.3) is 0 Å². The van der Waals surface area contributed by atoms with Crippen LogP contribution in [-0.4, -0.2) is 21.1 Å². The molecule has 0 aliphatic rings. The maximum absolute atomic E-state index is 11.6. The Balaban J connectivity index is 1.96. The quantitative estimate of drug-likeness (QED) is 0.937. The first-order chi connectivity index (χ1) is 8.24. The van der Waals surface area contributed by atoms with E-state index in [0.29, 0.717) is 10.4 Å². The van der Waals surface area contributed by atoms with E-state index in [1.54, 1.807) is 24.4 Å². The van der Waals surface area contributed by atoms with Crippen LogP contribution in [0.15, 0.2) is 41.1 Å². The van der Waals surface area contributed by atoms with E-state index in [2.05, 4.69) is 36.4 Å². The van der Waals surface area contributed by atoms with Gasteiger partial charge in [0, 0.05) is 11.9 Å². The maximum atomic E-state index is 11.6. The number of nitrogens with one attached hydrogen (secondary N) is 1. The second-order valence-corrected chi connectivity index (χ2v) is 4.10. The standard InChI is InChI=1S/C11H9BrN4O/c12-9-4-5-10(16-15-9)14-11(17)7-8-3-1-2-6-13-8/h1-6H,7H2,(H,14,16,17). The van der Waals surface area contributed by atoms with E-state index >= 15 is 0 Å². The van der Waals surface area contributed by atoms with Crippen molar-refractivity contribution in [2.45, 2.75) is 6.42 Å². The molecular formula is C11H9BrN4O. The minimum Gasteiger partial charge on any atom is -0.309 e. The summed E-state index contributed by atoms with van der Waals surface area (Å²) in [6, 6.07) is 8.83. The smallest absolute Gasteiger partial charge is 0.231 e. The number of aromatic nitrogens is 3. The van der Waals surface area contributed by atoms with Crippen LogP contribution in [-0.2, 0) is 11.2 Å². The molecule has 2 aromatic heterocycles. The summed E-state index contributed by atoms with van der Waals surface area (Å²) in [5, 5.41) is 10.2. The zero-order valence-electron chi connectivity index (χ0n) is 8.80. The van der Waals surface area contributed by atoms with Gasteiger partial charge in [0.2, 0.25) is 5.91 Å². The lowest BCUT2D eigenvalue weighted by Gasteiger charge is -2.02. The second-order valence-electron chi connectivity index (χ2n) is 3.29. The number of anilines is 1. The van der Waals surface area contributed by atoms with Gasteiger partial charge in [-0.25, -0.2) is 0 Å². The monoisotopic (exact) mass is 292 g/mol. The molecule has 1 N–H and O–H groups in total. The lowest BCUT2D eigenvalue weighted by atomic mass is 10.2. The number of hydrogen-bond acceptors (Lipinski definition) is 4. The third-order valence-electron chi connectivity index (χ3n) is 1.97. The molecular weight excluding hydrogens is 284 g/mol. The van der Waals surface area contributed by atoms with E-state index < -0.39 is 0 Å². The van der Waals surface area contributed by atoms with E-state index in [4.69, 9.17) is 0 Å². The summed E-state index contributed by atoms with van der Waals surface area (Å²) in [6.45, 7) is 0. The van der Waals surface area contributed by atoms with Crippen molar-refractivity contribution in [3.05, 3.63) is 46.8 Å². The van der Waals surface area contributed by atoms with Crippen molar-refractivity contribution in [2.75, 3.05) is 5.32 Å². The van der Waals surface area contributed by atoms with Gasteiger partial charge in [-0.15, -0.1) is 10.2 Å². The van der Waals surface area contributed by atoms with E-state index in [9.17, 15) is 4.79 Å². The molecule has 0 radical (unpaired) electrons. The minimum absolute atomic E-state index is 0.166. The summed E-state index contributed by atoms with van der Waals surface area (Å²) in [4.78, 5) is 15.7. The zero-order chi connectivity index (χ0) is 12.1. The average Bonchev–Trinajstić information content (AvgIpc) is 2.33. The summed E-state index contributed by atoms with van der Waals surface area (Å²) in [5.74, 6) is 0.259. The first-order valence-electron chi connectivity index (χ1n) is 4.93. The molecule has 0 atom stereocenters. The fourth-order valence-electron chi connectivity index (χ4n) is 1.24. The first kappa shape index (κ1) is 11.7. The van der Waals surface area contributed by atoms with Crippen LogP contribution in [0.1, 0.15) is 5.69 Å². The molecule has 6 heteroatoms. The van der Waals surface area contributed by atoms with Gasteiger partial charge in [0.25, 0.3) is 0 Å². The average molecular weight is 293 g/mol. The maximum Gasteiger partial charge on any atom is 0.231 e. The molecule has 0 fully saturated rings. The number of halogens is 1. The minimum atomic E-state index is -0.166. The summed E-state index contributed by atoms with van der Waals surface area (Å²) >= 11 is 3.17. The van der Waals surface area contributed by atoms with Gasteiger partial charge < -0.3 is 5.32 Å². The molecule has 0 aliphatic carbocycles. The predicted octanol–water partition coefficient (Wildman–Crippen LogP) is 1.82. The third-order valence-corrected chi connectivity index (χ3v) is 2.39. The van der Waals surface area contributed by atoms with Gasteiger partial charge in [0.15, 0.2) is 5.82 Å². The molecule has 0 unspecified atom stereocenters. The molecule has 0 aliphatic heterocycles. The van der Waals surface area contributed by atoms with E-state index in [1.807, 2.05) is 12.1 Å². The van der Waals surface area contributed by atoms with Crippen molar-refractivity contribution in [1.82, 2.24) is 15.2 Å². The Morgan fingerprint density at radius 3 is 2.76 bits per heavy atom. The molecule has 2 heterocycles. The first-order valence-corrected chi connectivity index (χ1v) is 5.72. The molecule has 17 heavy (non-hydrogen) atoms. The number of carbonyl (C=O) groups excluding carboxylic acids is 1. The van der Waals surface area contributed by atoms with Gasteiger partial charge in [-0.1, -0.05) is 6.07 Å². The molecule has 5 nitrogen and oxygen atoms in total. The SMILES string of the molecule is O=C(Cc1ccccn1)Nc1ccc(Br)nn1. The van der Waals surface area contributed by atoms with Crippen LogP contribution in [0.2, 0.25) is 0 Å². The Morgan fingerprint density at radius 2 is 2.12 bits per heavy atom. The zero-order valence-corrected chi connectivity index (χ0v) is 10.4. The number of amides is 1. The lowest BCUT2D eigenvalue weighted by molar-refractivity contribution is -0.115. The second kappa shape index (κ2) is 5.49. The Labute approximate surface area is 106 Å².